The molecule has 2 unspecified atom stereocenters. The lowest BCUT2D eigenvalue weighted by Crippen LogP contribution is -2.35. The van der Waals surface area contributed by atoms with E-state index >= 15 is 0 Å². The van der Waals surface area contributed by atoms with E-state index in [2.05, 4.69) is 16.0 Å². The summed E-state index contributed by atoms with van der Waals surface area (Å²) in [6.07, 6.45) is 0.737. The Labute approximate surface area is 124 Å². The summed E-state index contributed by atoms with van der Waals surface area (Å²) in [5, 5.41) is 8.74. The van der Waals surface area contributed by atoms with Crippen molar-refractivity contribution in [2.75, 3.05) is 24.3 Å². The number of benzene rings is 1. The molecule has 3 N–H and O–H groups in total. The summed E-state index contributed by atoms with van der Waals surface area (Å²) >= 11 is 0. The maximum atomic E-state index is 12.2. The van der Waals surface area contributed by atoms with Gasteiger partial charge < -0.3 is 20.7 Å². The fraction of sp³-hybridized carbons (Fsp3) is 0.467. The van der Waals surface area contributed by atoms with Crippen LogP contribution in [0.5, 0.6) is 0 Å². The summed E-state index contributed by atoms with van der Waals surface area (Å²) in [5.74, 6) is -0.228. The number of carbonyl (C=O) groups is 2. The van der Waals surface area contributed by atoms with Gasteiger partial charge in [0.15, 0.2) is 0 Å². The van der Waals surface area contributed by atoms with Crippen LogP contribution >= 0.6 is 0 Å². The first-order valence-electron chi connectivity index (χ1n) is 6.95. The number of nitrogens with one attached hydrogen (secondary N) is 3. The van der Waals surface area contributed by atoms with Gasteiger partial charge in [0.2, 0.25) is 11.8 Å². The molecule has 0 spiro atoms. The number of hydrogen-bond acceptors (Lipinski definition) is 4. The predicted molar refractivity (Wildman–Crippen MR) is 81.3 cm³/mol. The van der Waals surface area contributed by atoms with Crippen molar-refractivity contribution < 1.29 is 14.3 Å². The maximum absolute atomic E-state index is 12.2. The minimum absolute atomic E-state index is 0.0775. The van der Waals surface area contributed by atoms with Crippen molar-refractivity contribution in [3.05, 3.63) is 23.8 Å². The molecule has 0 bridgehead atoms. The number of methoxy groups -OCH3 is 1. The van der Waals surface area contributed by atoms with Crippen molar-refractivity contribution in [3.63, 3.8) is 0 Å². The van der Waals surface area contributed by atoms with Crippen LogP contribution in [0.2, 0.25) is 0 Å². The van der Waals surface area contributed by atoms with Gasteiger partial charge in [-0.15, -0.1) is 0 Å². The van der Waals surface area contributed by atoms with Gasteiger partial charge in [0.1, 0.15) is 0 Å². The third-order valence-corrected chi connectivity index (χ3v) is 3.56. The Hall–Kier alpha value is -1.92. The van der Waals surface area contributed by atoms with Crippen molar-refractivity contribution in [2.24, 2.45) is 0 Å². The van der Waals surface area contributed by atoms with E-state index in [1.807, 2.05) is 19.1 Å². The highest BCUT2D eigenvalue weighted by Crippen LogP contribution is 2.21. The van der Waals surface area contributed by atoms with Gasteiger partial charge in [0.25, 0.3) is 0 Å². The number of aryl methyl sites for hydroxylation is 1. The lowest BCUT2D eigenvalue weighted by molar-refractivity contribution is -0.118. The lowest BCUT2D eigenvalue weighted by Gasteiger charge is -2.13. The van der Waals surface area contributed by atoms with E-state index in [4.69, 9.17) is 4.74 Å². The predicted octanol–water partition coefficient (Wildman–Crippen LogP) is 1.27. The zero-order valence-corrected chi connectivity index (χ0v) is 12.5. The molecule has 6 heteroatoms. The normalized spacial score (nSPS) is 21.1. The Balaban J connectivity index is 2.02. The van der Waals surface area contributed by atoms with Crippen LogP contribution < -0.4 is 16.0 Å². The lowest BCUT2D eigenvalue weighted by atomic mass is 10.1. The van der Waals surface area contributed by atoms with Gasteiger partial charge in [0.05, 0.1) is 12.1 Å². The zero-order valence-electron chi connectivity index (χ0n) is 12.5. The number of ether oxygens (including phenoxy) is 1. The molecule has 1 aliphatic rings. The van der Waals surface area contributed by atoms with E-state index < -0.39 is 0 Å². The van der Waals surface area contributed by atoms with E-state index in [1.54, 1.807) is 13.2 Å². The fourth-order valence-corrected chi connectivity index (χ4v) is 2.34. The molecule has 114 valence electrons. The van der Waals surface area contributed by atoms with E-state index in [0.29, 0.717) is 24.3 Å². The average molecular weight is 291 g/mol. The second-order valence-electron chi connectivity index (χ2n) is 5.25. The van der Waals surface area contributed by atoms with Crippen LogP contribution in [0, 0.1) is 6.92 Å². The highest BCUT2D eigenvalue weighted by atomic mass is 16.5. The first-order chi connectivity index (χ1) is 9.99. The fourth-order valence-electron chi connectivity index (χ4n) is 2.34. The van der Waals surface area contributed by atoms with E-state index in [-0.39, 0.29) is 24.0 Å². The molecule has 0 aliphatic carbocycles. The highest BCUT2D eigenvalue weighted by Gasteiger charge is 2.29. The van der Waals surface area contributed by atoms with E-state index in [1.165, 1.54) is 6.92 Å². The van der Waals surface area contributed by atoms with Gasteiger partial charge in [-0.25, -0.2) is 0 Å². The third kappa shape index (κ3) is 4.03. The monoisotopic (exact) mass is 291 g/mol. The van der Waals surface area contributed by atoms with Gasteiger partial charge >= 0.3 is 0 Å². The molecule has 0 aromatic heterocycles. The van der Waals surface area contributed by atoms with Gasteiger partial charge in [0, 0.05) is 32.0 Å². The first-order valence-corrected chi connectivity index (χ1v) is 6.95. The van der Waals surface area contributed by atoms with Crippen LogP contribution in [0.1, 0.15) is 18.9 Å². The molecule has 0 radical (unpaired) electrons. The van der Waals surface area contributed by atoms with Crippen LogP contribution in [0.15, 0.2) is 18.2 Å². The zero-order chi connectivity index (χ0) is 15.4. The number of carbonyl (C=O) groups excluding carboxylic acids is 2. The molecule has 2 atom stereocenters. The molecule has 1 fully saturated rings. The second-order valence-corrected chi connectivity index (χ2v) is 5.25. The van der Waals surface area contributed by atoms with Gasteiger partial charge in [-0.1, -0.05) is 6.07 Å². The van der Waals surface area contributed by atoms with Crippen LogP contribution in [0.25, 0.3) is 0 Å². The molecule has 1 heterocycles. The highest BCUT2D eigenvalue weighted by molar-refractivity contribution is 5.96. The molecule has 1 aliphatic heterocycles. The number of rotatable bonds is 4. The SMILES string of the molecule is COC1CNC(C(=O)Nc2ccc(C)c(NC(C)=O)c2)C1. The molecule has 0 saturated carbocycles. The average Bonchev–Trinajstić information content (AvgIpc) is 2.91. The molecule has 1 aromatic rings. The number of anilines is 2. The third-order valence-electron chi connectivity index (χ3n) is 3.56. The molecule has 1 saturated heterocycles. The van der Waals surface area contributed by atoms with Crippen molar-refractivity contribution in [1.29, 1.82) is 0 Å². The van der Waals surface area contributed by atoms with Crippen LogP contribution in [-0.4, -0.2) is 37.6 Å². The Morgan fingerprint density at radius 2 is 2.10 bits per heavy atom. The largest absolute Gasteiger partial charge is 0.380 e. The van der Waals surface area contributed by atoms with Crippen molar-refractivity contribution in [2.45, 2.75) is 32.4 Å². The maximum Gasteiger partial charge on any atom is 0.241 e. The summed E-state index contributed by atoms with van der Waals surface area (Å²) in [5.41, 5.74) is 2.31. The molecule has 2 rings (SSSR count). The minimum Gasteiger partial charge on any atom is -0.380 e. The Morgan fingerprint density at radius 3 is 2.71 bits per heavy atom. The second kappa shape index (κ2) is 6.69. The minimum atomic E-state index is -0.250. The summed E-state index contributed by atoms with van der Waals surface area (Å²) in [7, 11) is 1.65. The number of hydrogen-bond donors (Lipinski definition) is 3. The molecular formula is C15H21N3O3. The van der Waals surface area contributed by atoms with E-state index in [9.17, 15) is 9.59 Å². The quantitative estimate of drug-likeness (QED) is 0.780. The van der Waals surface area contributed by atoms with Crippen LogP contribution in [-0.2, 0) is 14.3 Å². The Bertz CT molecular complexity index is 545. The standard InChI is InChI=1S/C15H21N3O3/c1-9-4-5-11(6-13(9)17-10(2)19)18-15(20)14-7-12(21-3)8-16-14/h4-6,12,14,16H,7-8H2,1-3H3,(H,17,19)(H,18,20). The topological polar surface area (TPSA) is 79.5 Å². The summed E-state index contributed by atoms with van der Waals surface area (Å²) in [6, 6.07) is 5.19. The summed E-state index contributed by atoms with van der Waals surface area (Å²) < 4.78 is 5.23. The van der Waals surface area contributed by atoms with Crippen molar-refractivity contribution in [1.82, 2.24) is 5.32 Å². The van der Waals surface area contributed by atoms with Crippen LogP contribution in [0.4, 0.5) is 11.4 Å². The van der Waals surface area contributed by atoms with Crippen molar-refractivity contribution in [3.8, 4) is 0 Å². The molecule has 6 nitrogen and oxygen atoms in total. The Morgan fingerprint density at radius 1 is 1.33 bits per heavy atom. The van der Waals surface area contributed by atoms with Gasteiger partial charge in [-0.2, -0.15) is 0 Å². The van der Waals surface area contributed by atoms with Gasteiger partial charge in [-0.05, 0) is 31.0 Å². The molecule has 2 amide bonds. The first kappa shape index (κ1) is 15.5. The summed E-state index contributed by atoms with van der Waals surface area (Å²) in [4.78, 5) is 23.3. The number of amides is 2. The molecule has 21 heavy (non-hydrogen) atoms. The summed E-state index contributed by atoms with van der Waals surface area (Å²) in [6.45, 7) is 4.04. The van der Waals surface area contributed by atoms with Crippen molar-refractivity contribution >= 4 is 23.2 Å². The smallest absolute Gasteiger partial charge is 0.241 e. The van der Waals surface area contributed by atoms with Crippen LogP contribution in [0.3, 0.4) is 0 Å². The Kier molecular flexibility index (Phi) is 4.93. The van der Waals surface area contributed by atoms with E-state index in [0.717, 1.165) is 5.56 Å². The molecular weight excluding hydrogens is 270 g/mol. The van der Waals surface area contributed by atoms with Gasteiger partial charge in [-0.3, -0.25) is 9.59 Å². The molecule has 1 aromatic carbocycles.